The second-order valence-corrected chi connectivity index (χ2v) is 3.35. The van der Waals surface area contributed by atoms with Crippen LogP contribution in [0.15, 0.2) is 29.3 Å². The quantitative estimate of drug-likeness (QED) is 0.746. The Labute approximate surface area is 88.1 Å². The van der Waals surface area contributed by atoms with Gasteiger partial charge in [-0.1, -0.05) is 23.7 Å². The van der Waals surface area contributed by atoms with Crippen molar-refractivity contribution in [2.45, 2.75) is 13.8 Å². The van der Waals surface area contributed by atoms with Crippen LogP contribution < -0.4 is 4.74 Å². The summed E-state index contributed by atoms with van der Waals surface area (Å²) in [5.74, 6) is -0.0438. The highest BCUT2D eigenvalue weighted by Crippen LogP contribution is 2.20. The average Bonchev–Trinajstić information content (AvgIpc) is 2.20. The Morgan fingerprint density at radius 2 is 2.29 bits per heavy atom. The first-order valence-corrected chi connectivity index (χ1v) is 4.72. The normalized spacial score (nSPS) is 11.6. The van der Waals surface area contributed by atoms with E-state index >= 15 is 0 Å². The Balaban J connectivity index is 2.73. The molecule has 1 aromatic carbocycles. The first kappa shape index (κ1) is 11.1. The summed E-state index contributed by atoms with van der Waals surface area (Å²) in [6.45, 7) is 3.83. The molecule has 0 saturated heterocycles. The van der Waals surface area contributed by atoms with Gasteiger partial charge in [0.1, 0.15) is 6.61 Å². The molecule has 76 valence electrons. The van der Waals surface area contributed by atoms with Crippen LogP contribution >= 0.6 is 11.6 Å². The predicted molar refractivity (Wildman–Crippen MR) is 56.2 cm³/mol. The fraction of sp³-hybridized carbons (Fsp3) is 0.273. The first-order chi connectivity index (χ1) is 6.65. The van der Waals surface area contributed by atoms with E-state index in [4.69, 9.17) is 16.3 Å². The van der Waals surface area contributed by atoms with Crippen LogP contribution in [-0.2, 0) is 0 Å². The van der Waals surface area contributed by atoms with Crippen molar-refractivity contribution in [3.63, 3.8) is 0 Å². The lowest BCUT2D eigenvalue weighted by molar-refractivity contribution is 0.331. The summed E-state index contributed by atoms with van der Waals surface area (Å²) in [7, 11) is 0. The van der Waals surface area contributed by atoms with Gasteiger partial charge >= 0.3 is 0 Å². The van der Waals surface area contributed by atoms with Gasteiger partial charge in [-0.25, -0.2) is 4.39 Å². The van der Waals surface area contributed by atoms with Crippen molar-refractivity contribution in [1.29, 1.82) is 0 Å². The van der Waals surface area contributed by atoms with E-state index in [1.165, 1.54) is 5.54 Å². The predicted octanol–water partition coefficient (Wildman–Crippen LogP) is 3.66. The van der Waals surface area contributed by atoms with Gasteiger partial charge in [0.05, 0.1) is 0 Å². The molecule has 0 amide bonds. The van der Waals surface area contributed by atoms with E-state index in [9.17, 15) is 4.39 Å². The van der Waals surface area contributed by atoms with Gasteiger partial charge in [-0.2, -0.15) is 0 Å². The molecule has 1 nitrogen and oxygen atoms in total. The number of halogens is 2. The summed E-state index contributed by atoms with van der Waals surface area (Å²) < 4.78 is 18.6. The minimum Gasteiger partial charge on any atom is -0.486 e. The molecule has 0 aromatic heterocycles. The topological polar surface area (TPSA) is 9.23 Å². The fourth-order valence-corrected chi connectivity index (χ4v) is 1.02. The van der Waals surface area contributed by atoms with E-state index in [2.05, 4.69) is 0 Å². The van der Waals surface area contributed by atoms with E-state index in [1.54, 1.807) is 25.1 Å². The molecule has 1 aromatic rings. The Hall–Kier alpha value is -1.02. The molecular formula is C11H12ClFO. The van der Waals surface area contributed by atoms with Crippen molar-refractivity contribution < 1.29 is 9.13 Å². The van der Waals surface area contributed by atoms with Crippen molar-refractivity contribution in [3.8, 4) is 5.75 Å². The lowest BCUT2D eigenvalue weighted by Gasteiger charge is -2.07. The molecule has 0 radical (unpaired) electrons. The first-order valence-electron chi connectivity index (χ1n) is 4.29. The molecule has 14 heavy (non-hydrogen) atoms. The minimum absolute atomic E-state index is 0.267. The van der Waals surface area contributed by atoms with Crippen molar-refractivity contribution >= 4 is 11.6 Å². The van der Waals surface area contributed by atoms with Gasteiger partial charge in [0, 0.05) is 5.54 Å². The maximum Gasteiger partial charge on any atom is 0.167 e. The number of hydrogen-bond donors (Lipinski definition) is 0. The van der Waals surface area contributed by atoms with Crippen molar-refractivity contribution in [3.05, 3.63) is 40.7 Å². The molecule has 0 bridgehead atoms. The van der Waals surface area contributed by atoms with Crippen LogP contribution in [0, 0.1) is 12.7 Å². The third-order valence-corrected chi connectivity index (χ3v) is 2.17. The SMILES string of the molecule is C/C(=C/Cl)COc1cccc(C)c1F. The van der Waals surface area contributed by atoms with Crippen LogP contribution in [0.5, 0.6) is 5.75 Å². The Morgan fingerprint density at radius 3 is 2.93 bits per heavy atom. The van der Waals surface area contributed by atoms with Gasteiger partial charge in [0.2, 0.25) is 0 Å². The van der Waals surface area contributed by atoms with Crippen molar-refractivity contribution in [2.24, 2.45) is 0 Å². The Morgan fingerprint density at radius 1 is 1.57 bits per heavy atom. The summed E-state index contributed by atoms with van der Waals surface area (Å²) in [4.78, 5) is 0. The molecule has 0 spiro atoms. The molecule has 0 aliphatic heterocycles. The molecule has 0 heterocycles. The highest BCUT2D eigenvalue weighted by atomic mass is 35.5. The standard InChI is InChI=1S/C11H12ClFO/c1-8(6-12)7-14-10-5-3-4-9(2)11(10)13/h3-6H,7H2,1-2H3/b8-6-. The highest BCUT2D eigenvalue weighted by molar-refractivity contribution is 6.25. The molecular weight excluding hydrogens is 203 g/mol. The minimum atomic E-state index is -0.310. The van der Waals surface area contributed by atoms with Crippen LogP contribution in [0.2, 0.25) is 0 Å². The molecule has 0 aliphatic rings. The van der Waals surface area contributed by atoms with Crippen LogP contribution in [0.25, 0.3) is 0 Å². The summed E-state index contributed by atoms with van der Waals surface area (Å²) in [6, 6.07) is 5.06. The number of rotatable bonds is 3. The van der Waals surface area contributed by atoms with E-state index in [-0.39, 0.29) is 11.6 Å². The second-order valence-electron chi connectivity index (χ2n) is 3.13. The zero-order valence-corrected chi connectivity index (χ0v) is 8.94. The van der Waals surface area contributed by atoms with E-state index in [1.807, 2.05) is 6.92 Å². The van der Waals surface area contributed by atoms with E-state index < -0.39 is 0 Å². The molecule has 0 unspecified atom stereocenters. The van der Waals surface area contributed by atoms with Crippen LogP contribution in [-0.4, -0.2) is 6.61 Å². The summed E-state index contributed by atoms with van der Waals surface area (Å²) in [5.41, 5.74) is 2.86. The summed E-state index contributed by atoms with van der Waals surface area (Å²) >= 11 is 5.45. The Bertz CT molecular complexity index is 347. The molecule has 0 fully saturated rings. The maximum atomic E-state index is 13.4. The fourth-order valence-electron chi connectivity index (χ4n) is 0.955. The van der Waals surface area contributed by atoms with E-state index in [0.29, 0.717) is 12.2 Å². The highest BCUT2D eigenvalue weighted by Gasteiger charge is 2.05. The van der Waals surface area contributed by atoms with E-state index in [0.717, 1.165) is 5.57 Å². The average molecular weight is 215 g/mol. The van der Waals surface area contributed by atoms with Gasteiger partial charge in [0.25, 0.3) is 0 Å². The lowest BCUT2D eigenvalue weighted by atomic mass is 10.2. The van der Waals surface area contributed by atoms with Gasteiger partial charge in [-0.05, 0) is 31.1 Å². The van der Waals surface area contributed by atoms with Crippen LogP contribution in [0.4, 0.5) is 4.39 Å². The smallest absolute Gasteiger partial charge is 0.167 e. The molecule has 0 N–H and O–H groups in total. The summed E-state index contributed by atoms with van der Waals surface area (Å²) in [5, 5.41) is 0. The van der Waals surface area contributed by atoms with Crippen LogP contribution in [0.1, 0.15) is 12.5 Å². The molecule has 0 aliphatic carbocycles. The number of ether oxygens (including phenoxy) is 1. The largest absolute Gasteiger partial charge is 0.486 e. The number of benzene rings is 1. The van der Waals surface area contributed by atoms with Gasteiger partial charge in [0.15, 0.2) is 11.6 Å². The van der Waals surface area contributed by atoms with Gasteiger partial charge in [-0.15, -0.1) is 0 Å². The zero-order chi connectivity index (χ0) is 10.6. The zero-order valence-electron chi connectivity index (χ0n) is 8.18. The number of aryl methyl sites for hydroxylation is 1. The molecule has 0 saturated carbocycles. The maximum absolute atomic E-state index is 13.4. The molecule has 1 rings (SSSR count). The second kappa shape index (κ2) is 5.01. The lowest BCUT2D eigenvalue weighted by Crippen LogP contribution is -2.00. The van der Waals surface area contributed by atoms with Crippen LogP contribution in [0.3, 0.4) is 0 Å². The van der Waals surface area contributed by atoms with Gasteiger partial charge < -0.3 is 4.74 Å². The van der Waals surface area contributed by atoms with Crippen molar-refractivity contribution in [1.82, 2.24) is 0 Å². The third kappa shape index (κ3) is 2.74. The van der Waals surface area contributed by atoms with Crippen molar-refractivity contribution in [2.75, 3.05) is 6.61 Å². The third-order valence-electron chi connectivity index (χ3n) is 1.80. The van der Waals surface area contributed by atoms with Gasteiger partial charge in [-0.3, -0.25) is 0 Å². The Kier molecular flexibility index (Phi) is 3.96. The molecule has 0 atom stereocenters. The number of hydrogen-bond acceptors (Lipinski definition) is 1. The molecule has 3 heteroatoms. The monoisotopic (exact) mass is 214 g/mol. The summed E-state index contributed by atoms with van der Waals surface area (Å²) in [6.07, 6.45) is 0.